The Bertz CT molecular complexity index is 1220. The highest BCUT2D eigenvalue weighted by Crippen LogP contribution is 2.30. The van der Waals surface area contributed by atoms with E-state index >= 15 is 0 Å². The molecule has 8 nitrogen and oxygen atoms in total. The summed E-state index contributed by atoms with van der Waals surface area (Å²) in [5, 5.41) is 7.74. The van der Waals surface area contributed by atoms with Gasteiger partial charge in [0.05, 0.1) is 24.6 Å². The van der Waals surface area contributed by atoms with Crippen LogP contribution in [-0.2, 0) is 13.2 Å². The number of amides is 1. The fourth-order valence-corrected chi connectivity index (χ4v) is 3.21. The van der Waals surface area contributed by atoms with Gasteiger partial charge in [0.15, 0.2) is 0 Å². The van der Waals surface area contributed by atoms with E-state index in [1.54, 1.807) is 41.2 Å². The van der Waals surface area contributed by atoms with Gasteiger partial charge in [-0.15, -0.1) is 0 Å². The van der Waals surface area contributed by atoms with Crippen molar-refractivity contribution in [3.05, 3.63) is 78.4 Å². The van der Waals surface area contributed by atoms with Gasteiger partial charge >= 0.3 is 0 Å². The summed E-state index contributed by atoms with van der Waals surface area (Å²) < 4.78 is 5.91. The quantitative estimate of drug-likeness (QED) is 0.140. The van der Waals surface area contributed by atoms with Crippen molar-refractivity contribution in [2.45, 2.75) is 13.2 Å². The van der Waals surface area contributed by atoms with Crippen LogP contribution in [0.15, 0.2) is 67.1 Å². The van der Waals surface area contributed by atoms with Crippen molar-refractivity contribution in [1.82, 2.24) is 20.3 Å². The molecule has 2 aromatic carbocycles. The average molecular weight is 526 g/mol. The number of ether oxygens (including phenoxy) is 1. The Hall–Kier alpha value is -3.47. The van der Waals surface area contributed by atoms with Crippen molar-refractivity contribution in [3.63, 3.8) is 0 Å². The zero-order valence-corrected chi connectivity index (χ0v) is 18.5. The van der Waals surface area contributed by atoms with Crippen LogP contribution in [0.5, 0.6) is 5.75 Å². The molecule has 0 atom stereocenters. The number of hydrogen-bond donors (Lipinski definition) is 3. The van der Waals surface area contributed by atoms with Gasteiger partial charge in [-0.25, -0.2) is 9.97 Å². The molecule has 2 heterocycles. The van der Waals surface area contributed by atoms with Crippen LogP contribution < -0.4 is 21.1 Å². The highest BCUT2D eigenvalue weighted by atomic mass is 127. The van der Waals surface area contributed by atoms with E-state index in [1.165, 1.54) is 0 Å². The molecule has 31 heavy (non-hydrogen) atoms. The Balaban J connectivity index is 1.42. The van der Waals surface area contributed by atoms with Crippen LogP contribution in [0.3, 0.4) is 0 Å². The Morgan fingerprint density at radius 1 is 1.00 bits per heavy atom. The third kappa shape index (κ3) is 5.37. The molecule has 0 aliphatic heterocycles. The van der Waals surface area contributed by atoms with E-state index < -0.39 is 0 Å². The number of carbonyl (C=O) groups is 1. The Morgan fingerprint density at radius 2 is 1.84 bits per heavy atom. The zero-order chi connectivity index (χ0) is 21.6. The van der Waals surface area contributed by atoms with Crippen molar-refractivity contribution >= 4 is 54.6 Å². The summed E-state index contributed by atoms with van der Waals surface area (Å²) in [6, 6.07) is 15.4. The summed E-state index contributed by atoms with van der Waals surface area (Å²) in [5.41, 5.74) is 8.41. The minimum atomic E-state index is -0.142. The third-order valence-corrected chi connectivity index (χ3v) is 4.89. The number of aromatic nitrogens is 3. The highest BCUT2D eigenvalue weighted by Gasteiger charge is 2.06. The van der Waals surface area contributed by atoms with E-state index in [9.17, 15) is 4.79 Å². The van der Waals surface area contributed by atoms with Gasteiger partial charge in [0.2, 0.25) is 0 Å². The molecule has 0 aliphatic rings. The second-order valence-electron chi connectivity index (χ2n) is 6.68. The number of rotatable bonds is 7. The minimum Gasteiger partial charge on any atom is -0.488 e. The van der Waals surface area contributed by atoms with Gasteiger partial charge in [0.1, 0.15) is 24.0 Å². The first-order chi connectivity index (χ1) is 15.1. The molecule has 156 valence electrons. The largest absolute Gasteiger partial charge is 0.488 e. The molecule has 0 saturated heterocycles. The third-order valence-electron chi connectivity index (χ3n) is 4.51. The van der Waals surface area contributed by atoms with E-state index in [0.29, 0.717) is 30.5 Å². The lowest BCUT2D eigenvalue weighted by Gasteiger charge is -2.12. The number of fused-ring (bicyclic) bond motifs is 1. The SMILES string of the molecule is Nc1ccc(OCc2ccnc(Nc3cnc(CNC(=O)I)cn3)c2)c2ccccc12. The van der Waals surface area contributed by atoms with Gasteiger partial charge in [-0.3, -0.25) is 9.78 Å². The number of carbonyl (C=O) groups excluding carboxylic acids is 1. The standard InChI is InChI=1S/C22H19IN6O2/c23-22(30)28-11-15-10-27-21(12-26-15)29-20-9-14(7-8-25-20)13-31-19-6-5-18(24)16-3-1-2-4-17(16)19/h1-10,12H,11,13,24H2,(H,28,30)(H,25,27,29). The maximum Gasteiger partial charge on any atom is 0.280 e. The van der Waals surface area contributed by atoms with Crippen LogP contribution >= 0.6 is 22.6 Å². The first-order valence-electron chi connectivity index (χ1n) is 9.45. The van der Waals surface area contributed by atoms with Gasteiger partial charge < -0.3 is 21.1 Å². The molecule has 4 rings (SSSR count). The van der Waals surface area contributed by atoms with Gasteiger partial charge in [0, 0.05) is 45.2 Å². The molecular weight excluding hydrogens is 507 g/mol. The lowest BCUT2D eigenvalue weighted by molar-refractivity contribution is 0.262. The van der Waals surface area contributed by atoms with Crippen LogP contribution in [0.2, 0.25) is 0 Å². The number of pyridine rings is 1. The monoisotopic (exact) mass is 526 g/mol. The number of benzene rings is 2. The molecule has 0 aliphatic carbocycles. The minimum absolute atomic E-state index is 0.142. The van der Waals surface area contributed by atoms with Crippen LogP contribution in [0.4, 0.5) is 22.1 Å². The summed E-state index contributed by atoms with van der Waals surface area (Å²) in [7, 11) is 0. The summed E-state index contributed by atoms with van der Waals surface area (Å²) >= 11 is 1.68. The first-order valence-corrected chi connectivity index (χ1v) is 10.5. The van der Waals surface area contributed by atoms with E-state index in [0.717, 1.165) is 27.8 Å². The molecule has 1 amide bonds. The fraction of sp³-hybridized carbons (Fsp3) is 0.0909. The number of nitrogens with zero attached hydrogens (tertiary/aromatic N) is 3. The summed E-state index contributed by atoms with van der Waals surface area (Å²) in [5.74, 6) is 1.96. The van der Waals surface area contributed by atoms with Crippen molar-refractivity contribution in [2.75, 3.05) is 11.1 Å². The zero-order valence-electron chi connectivity index (χ0n) is 16.4. The van der Waals surface area contributed by atoms with Crippen LogP contribution in [0, 0.1) is 0 Å². The molecule has 0 radical (unpaired) electrons. The van der Waals surface area contributed by atoms with Crippen molar-refractivity contribution in [2.24, 2.45) is 0 Å². The number of nitrogens with one attached hydrogen (secondary N) is 2. The van der Waals surface area contributed by atoms with Crippen LogP contribution in [0.1, 0.15) is 11.3 Å². The topological polar surface area (TPSA) is 115 Å². The van der Waals surface area contributed by atoms with E-state index in [4.69, 9.17) is 10.5 Å². The van der Waals surface area contributed by atoms with Gasteiger partial charge in [-0.2, -0.15) is 0 Å². The molecule has 2 aromatic heterocycles. The Morgan fingerprint density at radius 3 is 2.61 bits per heavy atom. The Kier molecular flexibility index (Phi) is 6.41. The fourth-order valence-electron chi connectivity index (χ4n) is 3.02. The molecule has 0 unspecified atom stereocenters. The number of halogens is 1. The van der Waals surface area contributed by atoms with Crippen molar-refractivity contribution in [3.8, 4) is 5.75 Å². The second kappa shape index (κ2) is 9.56. The maximum absolute atomic E-state index is 11.0. The first kappa shape index (κ1) is 20.8. The lowest BCUT2D eigenvalue weighted by atomic mass is 10.1. The predicted octanol–water partition coefficient (Wildman–Crippen LogP) is 4.57. The normalized spacial score (nSPS) is 10.6. The smallest absolute Gasteiger partial charge is 0.280 e. The van der Waals surface area contributed by atoms with Crippen molar-refractivity contribution < 1.29 is 9.53 Å². The van der Waals surface area contributed by atoms with Crippen LogP contribution in [-0.4, -0.2) is 18.9 Å². The molecule has 4 N–H and O–H groups in total. The number of nitrogen functional groups attached to an aromatic ring is 1. The van der Waals surface area contributed by atoms with E-state index in [1.807, 2.05) is 48.5 Å². The van der Waals surface area contributed by atoms with Gasteiger partial charge in [-0.05, 0) is 29.8 Å². The number of hydrogen-bond acceptors (Lipinski definition) is 7. The van der Waals surface area contributed by atoms with E-state index in [2.05, 4.69) is 25.6 Å². The Labute approximate surface area is 192 Å². The number of anilines is 3. The molecule has 0 saturated carbocycles. The number of nitrogens with two attached hydrogens (primary N) is 1. The van der Waals surface area contributed by atoms with Crippen LogP contribution in [0.25, 0.3) is 10.8 Å². The summed E-state index contributed by atoms with van der Waals surface area (Å²) in [6.07, 6.45) is 4.91. The second-order valence-corrected chi connectivity index (χ2v) is 7.66. The van der Waals surface area contributed by atoms with Gasteiger partial charge in [0.25, 0.3) is 3.91 Å². The molecule has 0 bridgehead atoms. The molecule has 0 spiro atoms. The predicted molar refractivity (Wildman–Crippen MR) is 128 cm³/mol. The van der Waals surface area contributed by atoms with Crippen molar-refractivity contribution in [1.29, 1.82) is 0 Å². The lowest BCUT2D eigenvalue weighted by Crippen LogP contribution is -2.16. The maximum atomic E-state index is 11.0. The summed E-state index contributed by atoms with van der Waals surface area (Å²) in [6.45, 7) is 0.714. The molecular formula is C22H19IN6O2. The summed E-state index contributed by atoms with van der Waals surface area (Å²) in [4.78, 5) is 23.9. The van der Waals surface area contributed by atoms with Gasteiger partial charge in [-0.1, -0.05) is 24.3 Å². The molecule has 4 aromatic rings. The van der Waals surface area contributed by atoms with E-state index in [-0.39, 0.29) is 3.91 Å². The molecule has 9 heteroatoms. The molecule has 0 fully saturated rings. The average Bonchev–Trinajstić information content (AvgIpc) is 2.79. The highest BCUT2D eigenvalue weighted by molar-refractivity contribution is 14.1.